The Balaban J connectivity index is 2.01. The first-order chi connectivity index (χ1) is 8.66. The van der Waals surface area contributed by atoms with Crippen LogP contribution in [0, 0.1) is 6.92 Å². The number of benzene rings is 1. The lowest BCUT2D eigenvalue weighted by atomic mass is 10.1. The minimum atomic E-state index is -0.366. The summed E-state index contributed by atoms with van der Waals surface area (Å²) in [6.45, 7) is 3.22. The third-order valence-electron chi connectivity index (χ3n) is 3.30. The van der Waals surface area contributed by atoms with Crippen molar-refractivity contribution in [3.63, 3.8) is 0 Å². The lowest BCUT2D eigenvalue weighted by Crippen LogP contribution is -2.41. The Labute approximate surface area is 108 Å². The molecule has 1 aromatic carbocycles. The molecule has 0 radical (unpaired) electrons. The molecule has 1 aromatic rings. The fourth-order valence-electron chi connectivity index (χ4n) is 2.20. The van der Waals surface area contributed by atoms with Crippen LogP contribution in [0.5, 0.6) is 0 Å². The number of hydrogen-bond acceptors (Lipinski definition) is 2. The van der Waals surface area contributed by atoms with E-state index in [2.05, 4.69) is 0 Å². The summed E-state index contributed by atoms with van der Waals surface area (Å²) in [5.41, 5.74) is 2.21. The van der Waals surface area contributed by atoms with Crippen molar-refractivity contribution in [3.05, 3.63) is 41.5 Å². The number of aliphatic hydroxyl groups excluding tert-OH is 1. The van der Waals surface area contributed by atoms with Crippen LogP contribution in [0.25, 0.3) is 6.08 Å². The van der Waals surface area contributed by atoms with Crippen molar-refractivity contribution in [2.24, 2.45) is 0 Å². The standard InChI is InChI=1S/C15H19NO2/c1-12-5-2-3-6-13(12)8-9-15(18)16-10-4-7-14(17)11-16/h2-3,5-6,8-9,14,17H,4,7,10-11H2,1H3/b9-8+/t14-/m0/s1. The SMILES string of the molecule is Cc1ccccc1/C=C/C(=O)N1CCC[C@H](O)C1. The van der Waals surface area contributed by atoms with E-state index in [1.165, 1.54) is 0 Å². The van der Waals surface area contributed by atoms with Gasteiger partial charge in [0.15, 0.2) is 0 Å². The van der Waals surface area contributed by atoms with E-state index in [9.17, 15) is 9.90 Å². The van der Waals surface area contributed by atoms with E-state index in [1.807, 2.05) is 37.3 Å². The van der Waals surface area contributed by atoms with Crippen LogP contribution in [0.2, 0.25) is 0 Å². The Kier molecular flexibility index (Phi) is 4.15. The molecule has 1 fully saturated rings. The number of nitrogens with zero attached hydrogens (tertiary/aromatic N) is 1. The molecule has 0 unspecified atom stereocenters. The fourth-order valence-corrected chi connectivity index (χ4v) is 2.20. The van der Waals surface area contributed by atoms with E-state index in [0.717, 1.165) is 30.5 Å². The second-order valence-electron chi connectivity index (χ2n) is 4.77. The predicted molar refractivity (Wildman–Crippen MR) is 72.0 cm³/mol. The number of aryl methyl sites for hydroxylation is 1. The van der Waals surface area contributed by atoms with Crippen molar-refractivity contribution >= 4 is 12.0 Å². The summed E-state index contributed by atoms with van der Waals surface area (Å²) in [5.74, 6) is -0.0167. The molecule has 3 nitrogen and oxygen atoms in total. The molecule has 0 aliphatic carbocycles. The van der Waals surface area contributed by atoms with E-state index < -0.39 is 0 Å². The van der Waals surface area contributed by atoms with Gasteiger partial charge in [0.1, 0.15) is 0 Å². The first-order valence-corrected chi connectivity index (χ1v) is 6.37. The Bertz CT molecular complexity index is 454. The smallest absolute Gasteiger partial charge is 0.246 e. The maximum Gasteiger partial charge on any atom is 0.246 e. The van der Waals surface area contributed by atoms with Crippen LogP contribution in [0.15, 0.2) is 30.3 Å². The summed E-state index contributed by atoms with van der Waals surface area (Å²) in [5, 5.41) is 9.54. The van der Waals surface area contributed by atoms with Gasteiger partial charge < -0.3 is 10.0 Å². The zero-order valence-corrected chi connectivity index (χ0v) is 10.7. The number of amides is 1. The van der Waals surface area contributed by atoms with Crippen molar-refractivity contribution < 1.29 is 9.90 Å². The Morgan fingerprint density at radius 1 is 1.44 bits per heavy atom. The fraction of sp³-hybridized carbons (Fsp3) is 0.400. The van der Waals surface area contributed by atoms with Crippen molar-refractivity contribution in [2.45, 2.75) is 25.9 Å². The van der Waals surface area contributed by atoms with Crippen molar-refractivity contribution in [3.8, 4) is 0 Å². The molecule has 18 heavy (non-hydrogen) atoms. The second kappa shape index (κ2) is 5.83. The molecule has 3 heteroatoms. The summed E-state index contributed by atoms with van der Waals surface area (Å²) in [6, 6.07) is 7.95. The van der Waals surface area contributed by atoms with E-state index in [4.69, 9.17) is 0 Å². The number of hydrogen-bond donors (Lipinski definition) is 1. The van der Waals surface area contributed by atoms with Gasteiger partial charge in [-0.3, -0.25) is 4.79 Å². The van der Waals surface area contributed by atoms with Gasteiger partial charge in [-0.2, -0.15) is 0 Å². The predicted octanol–water partition coefficient (Wildman–Crippen LogP) is 1.99. The average Bonchev–Trinajstić information content (AvgIpc) is 2.37. The molecule has 1 atom stereocenters. The molecule has 1 saturated heterocycles. The highest BCUT2D eigenvalue weighted by atomic mass is 16.3. The van der Waals surface area contributed by atoms with Crippen molar-refractivity contribution in [2.75, 3.05) is 13.1 Å². The molecule has 0 bridgehead atoms. The van der Waals surface area contributed by atoms with Crippen LogP contribution in [0.3, 0.4) is 0 Å². The monoisotopic (exact) mass is 245 g/mol. The van der Waals surface area contributed by atoms with Crippen LogP contribution < -0.4 is 0 Å². The number of carbonyl (C=O) groups is 1. The molecular formula is C15H19NO2. The molecule has 0 saturated carbocycles. The van der Waals surface area contributed by atoms with Crippen molar-refractivity contribution in [1.82, 2.24) is 4.90 Å². The maximum atomic E-state index is 12.0. The highest BCUT2D eigenvalue weighted by Crippen LogP contribution is 2.12. The van der Waals surface area contributed by atoms with Gasteiger partial charge in [0.25, 0.3) is 0 Å². The van der Waals surface area contributed by atoms with Gasteiger partial charge >= 0.3 is 0 Å². The van der Waals surface area contributed by atoms with Gasteiger partial charge in [-0.25, -0.2) is 0 Å². The lowest BCUT2D eigenvalue weighted by Gasteiger charge is -2.29. The normalized spacial score (nSPS) is 20.3. The number of likely N-dealkylation sites (tertiary alicyclic amines) is 1. The average molecular weight is 245 g/mol. The molecular weight excluding hydrogens is 226 g/mol. The zero-order valence-electron chi connectivity index (χ0n) is 10.7. The van der Waals surface area contributed by atoms with Crippen LogP contribution in [0.1, 0.15) is 24.0 Å². The third-order valence-corrected chi connectivity index (χ3v) is 3.30. The molecule has 1 heterocycles. The van der Waals surface area contributed by atoms with E-state index in [-0.39, 0.29) is 12.0 Å². The van der Waals surface area contributed by atoms with Crippen molar-refractivity contribution in [1.29, 1.82) is 0 Å². The topological polar surface area (TPSA) is 40.5 Å². The van der Waals surface area contributed by atoms with E-state index in [1.54, 1.807) is 11.0 Å². The number of aliphatic hydroxyl groups is 1. The van der Waals surface area contributed by atoms with Crippen LogP contribution >= 0.6 is 0 Å². The molecule has 0 aromatic heterocycles. The van der Waals surface area contributed by atoms with Gasteiger partial charge in [0.05, 0.1) is 6.10 Å². The van der Waals surface area contributed by atoms with Gasteiger partial charge in [-0.15, -0.1) is 0 Å². The summed E-state index contributed by atoms with van der Waals surface area (Å²) in [4.78, 5) is 13.7. The highest BCUT2D eigenvalue weighted by molar-refractivity contribution is 5.92. The molecule has 1 aliphatic heterocycles. The molecule has 1 amide bonds. The van der Waals surface area contributed by atoms with E-state index >= 15 is 0 Å². The first-order valence-electron chi connectivity index (χ1n) is 6.37. The number of carbonyl (C=O) groups excluding carboxylic acids is 1. The molecule has 1 N–H and O–H groups in total. The van der Waals surface area contributed by atoms with Gasteiger partial charge in [0.2, 0.25) is 5.91 Å². The Hall–Kier alpha value is -1.61. The molecule has 2 rings (SSSR count). The molecule has 1 aliphatic rings. The van der Waals surface area contributed by atoms with Crippen LogP contribution in [0.4, 0.5) is 0 Å². The highest BCUT2D eigenvalue weighted by Gasteiger charge is 2.20. The van der Waals surface area contributed by atoms with Crippen LogP contribution in [-0.2, 0) is 4.79 Å². The van der Waals surface area contributed by atoms with Gasteiger partial charge in [-0.1, -0.05) is 24.3 Å². The summed E-state index contributed by atoms with van der Waals surface area (Å²) in [7, 11) is 0. The number of β-amino-alcohol motifs (C(OH)–C–C–N with tert-alkyl or cyclic N) is 1. The number of rotatable bonds is 2. The zero-order chi connectivity index (χ0) is 13.0. The first kappa shape index (κ1) is 12.8. The second-order valence-corrected chi connectivity index (χ2v) is 4.77. The minimum Gasteiger partial charge on any atom is -0.391 e. The van der Waals surface area contributed by atoms with Gasteiger partial charge in [-0.05, 0) is 37.0 Å². The molecule has 0 spiro atoms. The summed E-state index contributed by atoms with van der Waals surface area (Å²) >= 11 is 0. The number of piperidine rings is 1. The Morgan fingerprint density at radius 2 is 2.22 bits per heavy atom. The quantitative estimate of drug-likeness (QED) is 0.809. The van der Waals surface area contributed by atoms with Crippen LogP contribution in [-0.4, -0.2) is 35.1 Å². The lowest BCUT2D eigenvalue weighted by molar-refractivity contribution is -0.128. The third kappa shape index (κ3) is 3.20. The maximum absolute atomic E-state index is 12.0. The Morgan fingerprint density at radius 3 is 2.94 bits per heavy atom. The summed E-state index contributed by atoms with van der Waals surface area (Å²) < 4.78 is 0. The van der Waals surface area contributed by atoms with E-state index in [0.29, 0.717) is 6.54 Å². The largest absolute Gasteiger partial charge is 0.391 e. The van der Waals surface area contributed by atoms with Gasteiger partial charge in [0, 0.05) is 19.2 Å². The summed E-state index contributed by atoms with van der Waals surface area (Å²) in [6.07, 6.45) is 4.75. The molecule has 96 valence electrons. The minimum absolute atomic E-state index is 0.0167.